The first-order valence-electron chi connectivity index (χ1n) is 7.18. The fraction of sp³-hybridized carbons (Fsp3) is 0.471. The Morgan fingerprint density at radius 3 is 2.57 bits per heavy atom. The molecule has 1 aromatic carbocycles. The molecule has 0 aliphatic rings. The van der Waals surface area contributed by atoms with E-state index in [1.807, 2.05) is 44.2 Å². The molecule has 0 aliphatic heterocycles. The number of hydrogen-bond donors (Lipinski definition) is 2. The average Bonchev–Trinajstić information content (AvgIpc) is 2.45. The number of amides is 1. The van der Waals surface area contributed by atoms with Gasteiger partial charge in [-0.15, -0.1) is 6.58 Å². The van der Waals surface area contributed by atoms with Gasteiger partial charge in [-0.3, -0.25) is 0 Å². The molecular formula is C17H25NO3. The summed E-state index contributed by atoms with van der Waals surface area (Å²) in [6.07, 6.45) is 1.62. The molecule has 0 saturated heterocycles. The van der Waals surface area contributed by atoms with Crippen molar-refractivity contribution in [2.24, 2.45) is 5.92 Å². The zero-order valence-electron chi connectivity index (χ0n) is 13.0. The Hall–Kier alpha value is -1.81. The highest BCUT2D eigenvalue weighted by Gasteiger charge is 2.35. The molecule has 0 fully saturated rings. The van der Waals surface area contributed by atoms with Crippen molar-refractivity contribution in [2.45, 2.75) is 45.4 Å². The third-order valence-corrected chi connectivity index (χ3v) is 3.78. The normalized spacial score (nSPS) is 15.1. The molecule has 1 aromatic rings. The van der Waals surface area contributed by atoms with Crippen LogP contribution >= 0.6 is 0 Å². The number of rotatable bonds is 7. The van der Waals surface area contributed by atoms with Crippen molar-refractivity contribution in [3.05, 3.63) is 48.6 Å². The molecule has 4 nitrogen and oxygen atoms in total. The first-order valence-corrected chi connectivity index (χ1v) is 7.18. The maximum absolute atomic E-state index is 11.9. The van der Waals surface area contributed by atoms with Crippen molar-refractivity contribution in [1.82, 2.24) is 5.32 Å². The van der Waals surface area contributed by atoms with Gasteiger partial charge in [0.1, 0.15) is 6.61 Å². The molecule has 4 heteroatoms. The Kier molecular flexibility index (Phi) is 6.43. The second kappa shape index (κ2) is 7.84. The first-order chi connectivity index (χ1) is 9.87. The summed E-state index contributed by atoms with van der Waals surface area (Å²) < 4.78 is 5.18. The molecule has 116 valence electrons. The van der Waals surface area contributed by atoms with Crippen LogP contribution in [0, 0.1) is 5.92 Å². The molecule has 0 saturated carbocycles. The van der Waals surface area contributed by atoms with Gasteiger partial charge in [-0.25, -0.2) is 4.79 Å². The molecule has 0 bridgehead atoms. The Labute approximate surface area is 126 Å². The van der Waals surface area contributed by atoms with Crippen molar-refractivity contribution < 1.29 is 14.6 Å². The van der Waals surface area contributed by atoms with Crippen molar-refractivity contribution in [3.63, 3.8) is 0 Å². The number of carbonyl (C=O) groups is 1. The summed E-state index contributed by atoms with van der Waals surface area (Å²) >= 11 is 0. The predicted octanol–water partition coefficient (Wildman–Crippen LogP) is 3.26. The van der Waals surface area contributed by atoms with Crippen LogP contribution < -0.4 is 5.32 Å². The van der Waals surface area contributed by atoms with Gasteiger partial charge in [0.05, 0.1) is 11.6 Å². The van der Waals surface area contributed by atoms with E-state index >= 15 is 0 Å². The highest BCUT2D eigenvalue weighted by molar-refractivity contribution is 5.67. The minimum atomic E-state index is -1.03. The van der Waals surface area contributed by atoms with E-state index in [9.17, 15) is 9.90 Å². The average molecular weight is 291 g/mol. The van der Waals surface area contributed by atoms with Crippen LogP contribution in [0.3, 0.4) is 0 Å². The summed E-state index contributed by atoms with van der Waals surface area (Å²) in [5.41, 5.74) is -0.108. The fourth-order valence-electron chi connectivity index (χ4n) is 1.92. The summed E-state index contributed by atoms with van der Waals surface area (Å²) in [6, 6.07) is 9.03. The van der Waals surface area contributed by atoms with E-state index in [1.165, 1.54) is 0 Å². The summed E-state index contributed by atoms with van der Waals surface area (Å²) in [4.78, 5) is 11.9. The van der Waals surface area contributed by atoms with Gasteiger partial charge in [-0.05, 0) is 24.8 Å². The van der Waals surface area contributed by atoms with Gasteiger partial charge in [0, 0.05) is 0 Å². The summed E-state index contributed by atoms with van der Waals surface area (Å²) in [7, 11) is 0. The number of carbonyl (C=O) groups excluding carboxylic acids is 1. The van der Waals surface area contributed by atoms with Crippen LogP contribution in [0.5, 0.6) is 0 Å². The Morgan fingerprint density at radius 1 is 1.43 bits per heavy atom. The van der Waals surface area contributed by atoms with Crippen LogP contribution in [0.15, 0.2) is 43.0 Å². The van der Waals surface area contributed by atoms with E-state index in [1.54, 1.807) is 13.0 Å². The van der Waals surface area contributed by atoms with Gasteiger partial charge in [0.25, 0.3) is 0 Å². The zero-order valence-corrected chi connectivity index (χ0v) is 13.0. The second-order valence-corrected chi connectivity index (χ2v) is 5.66. The third-order valence-electron chi connectivity index (χ3n) is 3.78. The lowest BCUT2D eigenvalue weighted by Crippen LogP contribution is -2.53. The molecular weight excluding hydrogens is 266 g/mol. The molecule has 0 radical (unpaired) electrons. The topological polar surface area (TPSA) is 58.6 Å². The smallest absolute Gasteiger partial charge is 0.407 e. The SMILES string of the molecule is C=CC[C@H](NC(=O)OCc1ccccc1)[C@@](C)(O)C(C)C. The summed E-state index contributed by atoms with van der Waals surface area (Å²) in [5, 5.41) is 13.2. The maximum Gasteiger partial charge on any atom is 0.407 e. The molecule has 2 N–H and O–H groups in total. The lowest BCUT2D eigenvalue weighted by atomic mass is 9.83. The van der Waals surface area contributed by atoms with Gasteiger partial charge in [0.15, 0.2) is 0 Å². The van der Waals surface area contributed by atoms with Gasteiger partial charge in [-0.2, -0.15) is 0 Å². The quantitative estimate of drug-likeness (QED) is 0.758. The van der Waals surface area contributed by atoms with Crippen LogP contribution in [-0.2, 0) is 11.3 Å². The Bertz CT molecular complexity index is 454. The molecule has 0 spiro atoms. The highest BCUT2D eigenvalue weighted by Crippen LogP contribution is 2.23. The monoisotopic (exact) mass is 291 g/mol. The summed E-state index contributed by atoms with van der Waals surface area (Å²) in [5.74, 6) is -0.00290. The first kappa shape index (κ1) is 17.2. The summed E-state index contributed by atoms with van der Waals surface area (Å²) in [6.45, 7) is 9.41. The van der Waals surface area contributed by atoms with E-state index in [4.69, 9.17) is 4.74 Å². The number of alkyl carbamates (subject to hydrolysis) is 1. The van der Waals surface area contributed by atoms with Crippen LogP contribution in [0.4, 0.5) is 4.79 Å². The van der Waals surface area contributed by atoms with Crippen molar-refractivity contribution in [2.75, 3.05) is 0 Å². The largest absolute Gasteiger partial charge is 0.445 e. The van der Waals surface area contributed by atoms with Gasteiger partial charge in [-0.1, -0.05) is 50.3 Å². The molecule has 0 unspecified atom stereocenters. The number of aliphatic hydroxyl groups is 1. The minimum absolute atomic E-state index is 0.00290. The Balaban J connectivity index is 2.59. The van der Waals surface area contributed by atoms with Crippen LogP contribution in [-0.4, -0.2) is 22.8 Å². The molecule has 2 atom stereocenters. The van der Waals surface area contributed by atoms with E-state index in [-0.39, 0.29) is 12.5 Å². The molecule has 0 aliphatic carbocycles. The minimum Gasteiger partial charge on any atom is -0.445 e. The van der Waals surface area contributed by atoms with E-state index in [2.05, 4.69) is 11.9 Å². The highest BCUT2D eigenvalue weighted by atomic mass is 16.5. The molecule has 1 amide bonds. The molecule has 0 heterocycles. The number of nitrogens with one attached hydrogen (secondary N) is 1. The number of benzene rings is 1. The van der Waals surface area contributed by atoms with E-state index in [0.717, 1.165) is 5.56 Å². The third kappa shape index (κ3) is 5.23. The lowest BCUT2D eigenvalue weighted by molar-refractivity contribution is -0.0218. The van der Waals surface area contributed by atoms with Crippen LogP contribution in [0.1, 0.15) is 32.8 Å². The number of ether oxygens (including phenoxy) is 1. The number of hydrogen-bond acceptors (Lipinski definition) is 3. The van der Waals surface area contributed by atoms with E-state index < -0.39 is 17.7 Å². The van der Waals surface area contributed by atoms with Crippen molar-refractivity contribution in [1.29, 1.82) is 0 Å². The van der Waals surface area contributed by atoms with E-state index in [0.29, 0.717) is 6.42 Å². The maximum atomic E-state index is 11.9. The Morgan fingerprint density at radius 2 is 2.05 bits per heavy atom. The van der Waals surface area contributed by atoms with Gasteiger partial charge in [0.2, 0.25) is 0 Å². The predicted molar refractivity (Wildman–Crippen MR) is 83.8 cm³/mol. The van der Waals surface area contributed by atoms with Gasteiger partial charge < -0.3 is 15.2 Å². The van der Waals surface area contributed by atoms with Gasteiger partial charge >= 0.3 is 6.09 Å². The zero-order chi connectivity index (χ0) is 15.9. The van der Waals surface area contributed by atoms with Crippen molar-refractivity contribution in [3.8, 4) is 0 Å². The van der Waals surface area contributed by atoms with Crippen molar-refractivity contribution >= 4 is 6.09 Å². The molecule has 21 heavy (non-hydrogen) atoms. The molecule has 1 rings (SSSR count). The fourth-order valence-corrected chi connectivity index (χ4v) is 1.92. The lowest BCUT2D eigenvalue weighted by Gasteiger charge is -2.36. The molecule has 0 aromatic heterocycles. The standard InChI is InChI=1S/C17H25NO3/c1-5-9-15(17(4,20)13(2)3)18-16(19)21-12-14-10-7-6-8-11-14/h5-8,10-11,13,15,20H,1,9,12H2,2-4H3,(H,18,19)/t15-,17-/m0/s1. The van der Waals surface area contributed by atoms with Crippen LogP contribution in [0.25, 0.3) is 0 Å². The van der Waals surface area contributed by atoms with Crippen LogP contribution in [0.2, 0.25) is 0 Å². The second-order valence-electron chi connectivity index (χ2n) is 5.66.